The van der Waals surface area contributed by atoms with Crippen molar-refractivity contribution in [1.82, 2.24) is 10.2 Å². The summed E-state index contributed by atoms with van der Waals surface area (Å²) in [6.45, 7) is 4.95. The second-order valence-electron chi connectivity index (χ2n) is 6.50. The maximum atomic E-state index is 12.0. The van der Waals surface area contributed by atoms with Gasteiger partial charge in [-0.15, -0.1) is 24.8 Å². The summed E-state index contributed by atoms with van der Waals surface area (Å²) in [5, 5.41) is 3.05. The molecule has 0 bridgehead atoms. The lowest BCUT2D eigenvalue weighted by Crippen LogP contribution is -2.42. The molecule has 0 aromatic heterocycles. The molecular formula is C18H29Cl2N3O. The lowest BCUT2D eigenvalue weighted by molar-refractivity contribution is -0.132. The van der Waals surface area contributed by atoms with E-state index in [-0.39, 0.29) is 24.8 Å². The number of amides is 1. The van der Waals surface area contributed by atoms with Crippen molar-refractivity contribution in [2.75, 3.05) is 44.7 Å². The molecule has 0 aliphatic carbocycles. The standard InChI is InChI=1S/C18H27N3O.2ClH/c1-19-10-6-18(22)20-11-7-15(8-12-20)14-21-13-9-16-4-2-3-5-17(16)21;;/h2-5,15,19H,6-14H2,1H3;2*1H. The van der Waals surface area contributed by atoms with Gasteiger partial charge in [0.2, 0.25) is 5.91 Å². The van der Waals surface area contributed by atoms with E-state index in [0.717, 1.165) is 51.5 Å². The van der Waals surface area contributed by atoms with Crippen LogP contribution in [0, 0.1) is 5.92 Å². The molecule has 2 aliphatic rings. The molecule has 1 saturated heterocycles. The third-order valence-corrected chi connectivity index (χ3v) is 5.02. The fraction of sp³-hybridized carbons (Fsp3) is 0.611. The summed E-state index contributed by atoms with van der Waals surface area (Å²) in [7, 11) is 1.90. The van der Waals surface area contributed by atoms with E-state index in [2.05, 4.69) is 34.5 Å². The Bertz CT molecular complexity index is 519. The minimum absolute atomic E-state index is 0. The van der Waals surface area contributed by atoms with Gasteiger partial charge >= 0.3 is 0 Å². The van der Waals surface area contributed by atoms with Crippen LogP contribution in [0.2, 0.25) is 0 Å². The average molecular weight is 374 g/mol. The molecule has 136 valence electrons. The molecule has 1 aromatic rings. The highest BCUT2D eigenvalue weighted by Crippen LogP contribution is 2.30. The van der Waals surface area contributed by atoms with Crippen LogP contribution in [0.15, 0.2) is 24.3 Å². The molecule has 2 aliphatic heterocycles. The van der Waals surface area contributed by atoms with Crippen LogP contribution in [-0.4, -0.2) is 50.6 Å². The molecule has 0 unspecified atom stereocenters. The lowest BCUT2D eigenvalue weighted by atomic mass is 9.96. The third kappa shape index (κ3) is 5.01. The van der Waals surface area contributed by atoms with Crippen LogP contribution in [0.5, 0.6) is 0 Å². The molecule has 1 N–H and O–H groups in total. The van der Waals surface area contributed by atoms with E-state index >= 15 is 0 Å². The molecule has 1 amide bonds. The van der Waals surface area contributed by atoms with Crippen LogP contribution in [-0.2, 0) is 11.2 Å². The predicted molar refractivity (Wildman–Crippen MR) is 105 cm³/mol. The van der Waals surface area contributed by atoms with Crippen LogP contribution in [0.3, 0.4) is 0 Å². The lowest BCUT2D eigenvalue weighted by Gasteiger charge is -2.34. The molecule has 2 heterocycles. The van der Waals surface area contributed by atoms with E-state index in [1.54, 1.807) is 0 Å². The summed E-state index contributed by atoms with van der Waals surface area (Å²) >= 11 is 0. The van der Waals surface area contributed by atoms with Crippen LogP contribution in [0.1, 0.15) is 24.8 Å². The van der Waals surface area contributed by atoms with Gasteiger partial charge in [-0.05, 0) is 43.9 Å². The summed E-state index contributed by atoms with van der Waals surface area (Å²) < 4.78 is 0. The van der Waals surface area contributed by atoms with Gasteiger partial charge in [0.05, 0.1) is 0 Å². The molecule has 24 heavy (non-hydrogen) atoms. The van der Waals surface area contributed by atoms with E-state index < -0.39 is 0 Å². The number of carbonyl (C=O) groups is 1. The van der Waals surface area contributed by atoms with E-state index in [1.807, 2.05) is 11.9 Å². The molecule has 0 radical (unpaired) electrons. The Morgan fingerprint density at radius 3 is 2.58 bits per heavy atom. The van der Waals surface area contributed by atoms with E-state index in [0.29, 0.717) is 12.3 Å². The average Bonchev–Trinajstić information content (AvgIpc) is 2.96. The van der Waals surface area contributed by atoms with Crippen molar-refractivity contribution < 1.29 is 4.79 Å². The Labute approximate surface area is 157 Å². The first-order valence-corrected chi connectivity index (χ1v) is 8.53. The first kappa shape index (κ1) is 21.1. The molecule has 0 spiro atoms. The van der Waals surface area contributed by atoms with Crippen molar-refractivity contribution in [3.63, 3.8) is 0 Å². The Morgan fingerprint density at radius 1 is 1.17 bits per heavy atom. The number of hydrogen-bond donors (Lipinski definition) is 1. The molecule has 3 rings (SSSR count). The fourth-order valence-corrected chi connectivity index (χ4v) is 3.66. The fourth-order valence-electron chi connectivity index (χ4n) is 3.66. The van der Waals surface area contributed by atoms with Crippen LogP contribution >= 0.6 is 24.8 Å². The Hall–Kier alpha value is -0.970. The first-order chi connectivity index (χ1) is 10.8. The maximum absolute atomic E-state index is 12.0. The van der Waals surface area contributed by atoms with Crippen LogP contribution in [0.4, 0.5) is 5.69 Å². The SMILES string of the molecule is CNCCC(=O)N1CCC(CN2CCc3ccccc32)CC1.Cl.Cl. The highest BCUT2D eigenvalue weighted by atomic mass is 35.5. The van der Waals surface area contributed by atoms with Crippen molar-refractivity contribution >= 4 is 36.4 Å². The Balaban J connectivity index is 0.00000144. The van der Waals surface area contributed by atoms with Gasteiger partial charge in [0.25, 0.3) is 0 Å². The highest BCUT2D eigenvalue weighted by molar-refractivity contribution is 5.85. The zero-order chi connectivity index (χ0) is 15.4. The minimum atomic E-state index is 0. The molecule has 4 nitrogen and oxygen atoms in total. The van der Waals surface area contributed by atoms with Gasteiger partial charge in [0.15, 0.2) is 0 Å². The van der Waals surface area contributed by atoms with E-state index in [9.17, 15) is 4.79 Å². The number of fused-ring (bicyclic) bond motifs is 1. The van der Waals surface area contributed by atoms with E-state index in [1.165, 1.54) is 17.7 Å². The number of hydrogen-bond acceptors (Lipinski definition) is 3. The van der Waals surface area contributed by atoms with Crippen molar-refractivity contribution in [1.29, 1.82) is 0 Å². The number of halogens is 2. The zero-order valence-corrected chi connectivity index (χ0v) is 16.0. The molecule has 0 atom stereocenters. The normalized spacial score (nSPS) is 17.0. The number of nitrogens with one attached hydrogen (secondary N) is 1. The second kappa shape index (κ2) is 10.1. The van der Waals surface area contributed by atoms with Gasteiger partial charge in [0.1, 0.15) is 0 Å². The minimum Gasteiger partial charge on any atom is -0.371 e. The van der Waals surface area contributed by atoms with Crippen LogP contribution < -0.4 is 10.2 Å². The Kier molecular flexibility index (Phi) is 8.88. The monoisotopic (exact) mass is 373 g/mol. The molecule has 1 aromatic carbocycles. The van der Waals surface area contributed by atoms with Crippen molar-refractivity contribution in [3.05, 3.63) is 29.8 Å². The third-order valence-electron chi connectivity index (χ3n) is 5.02. The van der Waals surface area contributed by atoms with Gasteiger partial charge in [0, 0.05) is 44.8 Å². The van der Waals surface area contributed by atoms with Crippen molar-refractivity contribution in [2.24, 2.45) is 5.92 Å². The second-order valence-corrected chi connectivity index (χ2v) is 6.50. The predicted octanol–water partition coefficient (Wildman–Crippen LogP) is 2.74. The number of piperidine rings is 1. The highest BCUT2D eigenvalue weighted by Gasteiger charge is 2.26. The molecule has 0 saturated carbocycles. The van der Waals surface area contributed by atoms with Gasteiger partial charge in [-0.25, -0.2) is 0 Å². The van der Waals surface area contributed by atoms with Gasteiger partial charge < -0.3 is 15.1 Å². The zero-order valence-electron chi connectivity index (χ0n) is 14.4. The Morgan fingerprint density at radius 2 is 1.88 bits per heavy atom. The summed E-state index contributed by atoms with van der Waals surface area (Å²) in [5.74, 6) is 1.03. The van der Waals surface area contributed by atoms with Gasteiger partial charge in [-0.3, -0.25) is 4.79 Å². The van der Waals surface area contributed by atoms with E-state index in [4.69, 9.17) is 0 Å². The number of benzene rings is 1. The quantitative estimate of drug-likeness (QED) is 0.861. The number of carbonyl (C=O) groups excluding carboxylic acids is 1. The van der Waals surface area contributed by atoms with Gasteiger partial charge in [-0.2, -0.15) is 0 Å². The summed E-state index contributed by atoms with van der Waals surface area (Å²) in [5.41, 5.74) is 2.91. The summed E-state index contributed by atoms with van der Waals surface area (Å²) in [4.78, 5) is 16.6. The van der Waals surface area contributed by atoms with Crippen molar-refractivity contribution in [2.45, 2.75) is 25.7 Å². The number of likely N-dealkylation sites (tertiary alicyclic amines) is 1. The summed E-state index contributed by atoms with van der Waals surface area (Å²) in [6.07, 6.45) is 4.09. The van der Waals surface area contributed by atoms with Gasteiger partial charge in [-0.1, -0.05) is 18.2 Å². The topological polar surface area (TPSA) is 35.6 Å². The molecular weight excluding hydrogens is 345 g/mol. The number of rotatable bonds is 5. The number of nitrogens with zero attached hydrogens (tertiary/aromatic N) is 2. The summed E-state index contributed by atoms with van der Waals surface area (Å²) in [6, 6.07) is 8.77. The smallest absolute Gasteiger partial charge is 0.223 e. The van der Waals surface area contributed by atoms with Crippen LogP contribution in [0.25, 0.3) is 0 Å². The molecule has 6 heteroatoms. The maximum Gasteiger partial charge on any atom is 0.223 e. The first-order valence-electron chi connectivity index (χ1n) is 8.53. The molecule has 1 fully saturated rings. The largest absolute Gasteiger partial charge is 0.371 e. The number of anilines is 1. The number of para-hydroxylation sites is 1. The van der Waals surface area contributed by atoms with Crippen molar-refractivity contribution in [3.8, 4) is 0 Å².